The first kappa shape index (κ1) is 10.0. The van der Waals surface area contributed by atoms with Gasteiger partial charge >= 0.3 is 0 Å². The molecule has 1 heterocycles. The number of rotatable bonds is 2. The third-order valence-electron chi connectivity index (χ3n) is 2.15. The number of fused-ring (bicyclic) bond motifs is 1. The molecule has 1 amide bonds. The van der Waals surface area contributed by atoms with Crippen LogP contribution in [-0.4, -0.2) is 10.9 Å². The molecule has 0 saturated heterocycles. The highest BCUT2D eigenvalue weighted by atomic mass is 35.5. The predicted octanol–water partition coefficient (Wildman–Crippen LogP) is 1.35. The third kappa shape index (κ3) is 2.11. The van der Waals surface area contributed by atoms with Crippen LogP contribution in [0.25, 0.3) is 10.9 Å². The summed E-state index contributed by atoms with van der Waals surface area (Å²) in [6, 6.07) is 7.41. The van der Waals surface area contributed by atoms with Crippen molar-refractivity contribution in [3.05, 3.63) is 35.0 Å². The Morgan fingerprint density at radius 2 is 2.27 bits per heavy atom. The molecule has 0 unspecified atom stereocenters. The van der Waals surface area contributed by atoms with Crippen molar-refractivity contribution in [2.75, 3.05) is 0 Å². The maximum absolute atomic E-state index is 11.0. The summed E-state index contributed by atoms with van der Waals surface area (Å²) >= 11 is 5.85. The molecule has 1 aromatic heterocycles. The molecule has 0 aliphatic carbocycles. The molecule has 0 radical (unpaired) electrons. The topological polar surface area (TPSA) is 70.9 Å². The second kappa shape index (κ2) is 3.92. The maximum Gasteiger partial charge on any atom is 0.239 e. The molecule has 0 aliphatic rings. The Kier molecular flexibility index (Phi) is 2.62. The van der Waals surface area contributed by atoms with E-state index in [1.54, 1.807) is 6.07 Å². The number of aromatic nitrogens is 1. The van der Waals surface area contributed by atoms with Gasteiger partial charge in [0.2, 0.25) is 5.91 Å². The second-order valence-corrected chi connectivity index (χ2v) is 3.71. The number of carbonyl (C=O) groups is 1. The van der Waals surface area contributed by atoms with Crippen molar-refractivity contribution < 1.29 is 4.79 Å². The number of amides is 1. The van der Waals surface area contributed by atoms with E-state index in [4.69, 9.17) is 17.4 Å². The van der Waals surface area contributed by atoms with Crippen LogP contribution in [0.4, 0.5) is 0 Å². The molecule has 0 saturated carbocycles. The molecule has 0 aliphatic heterocycles. The Morgan fingerprint density at radius 3 is 3.00 bits per heavy atom. The highest BCUT2D eigenvalue weighted by Crippen LogP contribution is 2.20. The highest BCUT2D eigenvalue weighted by Gasteiger charge is 2.05. The van der Waals surface area contributed by atoms with E-state index in [9.17, 15) is 4.79 Å². The van der Waals surface area contributed by atoms with Gasteiger partial charge in [-0.2, -0.15) is 0 Å². The molecule has 0 atom stereocenters. The van der Waals surface area contributed by atoms with Crippen LogP contribution in [0, 0.1) is 0 Å². The van der Waals surface area contributed by atoms with Crippen molar-refractivity contribution in [2.45, 2.75) is 6.42 Å². The normalized spacial score (nSPS) is 10.5. The van der Waals surface area contributed by atoms with Gasteiger partial charge in [0.25, 0.3) is 0 Å². The van der Waals surface area contributed by atoms with Gasteiger partial charge in [-0.15, -0.1) is 0 Å². The summed E-state index contributed by atoms with van der Waals surface area (Å²) in [5, 5.41) is 1.67. The molecule has 4 N–H and O–H groups in total. The van der Waals surface area contributed by atoms with Gasteiger partial charge in [0.15, 0.2) is 0 Å². The first-order valence-electron chi connectivity index (χ1n) is 4.45. The van der Waals surface area contributed by atoms with Gasteiger partial charge in [0, 0.05) is 21.6 Å². The van der Waals surface area contributed by atoms with E-state index in [0.717, 1.165) is 16.6 Å². The second-order valence-electron chi connectivity index (χ2n) is 3.27. The van der Waals surface area contributed by atoms with Crippen molar-refractivity contribution in [1.82, 2.24) is 10.4 Å². The van der Waals surface area contributed by atoms with E-state index in [1.165, 1.54) is 0 Å². The van der Waals surface area contributed by atoms with Gasteiger partial charge in [-0.05, 0) is 24.3 Å². The smallest absolute Gasteiger partial charge is 0.239 e. The number of benzene rings is 1. The number of hydrogen-bond acceptors (Lipinski definition) is 2. The molecule has 0 bridgehead atoms. The van der Waals surface area contributed by atoms with Crippen LogP contribution >= 0.6 is 11.6 Å². The minimum absolute atomic E-state index is 0.229. The fraction of sp³-hybridized carbons (Fsp3) is 0.100. The van der Waals surface area contributed by atoms with Crippen LogP contribution in [0.5, 0.6) is 0 Å². The van der Waals surface area contributed by atoms with Gasteiger partial charge in [-0.25, -0.2) is 5.84 Å². The zero-order valence-electron chi connectivity index (χ0n) is 7.88. The molecule has 5 heteroatoms. The minimum atomic E-state index is -0.229. The molecule has 78 valence electrons. The zero-order valence-corrected chi connectivity index (χ0v) is 8.64. The van der Waals surface area contributed by atoms with Gasteiger partial charge in [0.1, 0.15) is 0 Å². The van der Waals surface area contributed by atoms with Crippen molar-refractivity contribution in [3.63, 3.8) is 0 Å². The summed E-state index contributed by atoms with van der Waals surface area (Å²) < 4.78 is 0. The van der Waals surface area contributed by atoms with Gasteiger partial charge in [-0.1, -0.05) is 11.6 Å². The van der Waals surface area contributed by atoms with Gasteiger partial charge in [0.05, 0.1) is 6.42 Å². The average Bonchev–Trinajstić information content (AvgIpc) is 2.59. The van der Waals surface area contributed by atoms with Gasteiger partial charge in [-0.3, -0.25) is 10.2 Å². The summed E-state index contributed by atoms with van der Waals surface area (Å²) in [4.78, 5) is 14.2. The number of aromatic amines is 1. The molecule has 0 spiro atoms. The number of H-pyrrole nitrogens is 1. The van der Waals surface area contributed by atoms with E-state index in [1.807, 2.05) is 18.2 Å². The molecule has 0 fully saturated rings. The van der Waals surface area contributed by atoms with Crippen LogP contribution < -0.4 is 11.3 Å². The zero-order chi connectivity index (χ0) is 10.8. The number of nitrogens with one attached hydrogen (secondary N) is 2. The lowest BCUT2D eigenvalue weighted by molar-refractivity contribution is -0.120. The Morgan fingerprint density at radius 1 is 1.47 bits per heavy atom. The van der Waals surface area contributed by atoms with E-state index in [2.05, 4.69) is 10.4 Å². The Bertz CT molecular complexity index is 506. The maximum atomic E-state index is 11.0. The summed E-state index contributed by atoms with van der Waals surface area (Å²) in [5.74, 6) is 4.77. The number of halogens is 1. The van der Waals surface area contributed by atoms with Crippen molar-refractivity contribution >= 4 is 28.4 Å². The monoisotopic (exact) mass is 223 g/mol. The molecular weight excluding hydrogens is 214 g/mol. The lowest BCUT2D eigenvalue weighted by Gasteiger charge is -1.95. The first-order valence-corrected chi connectivity index (χ1v) is 4.83. The molecule has 4 nitrogen and oxygen atoms in total. The van der Waals surface area contributed by atoms with E-state index in [0.29, 0.717) is 5.02 Å². The summed E-state index contributed by atoms with van der Waals surface area (Å²) in [6.45, 7) is 0. The van der Waals surface area contributed by atoms with Gasteiger partial charge < -0.3 is 4.98 Å². The largest absolute Gasteiger partial charge is 0.358 e. The van der Waals surface area contributed by atoms with Crippen molar-refractivity contribution in [3.8, 4) is 0 Å². The Balaban J connectivity index is 2.34. The van der Waals surface area contributed by atoms with E-state index < -0.39 is 0 Å². The number of hydrogen-bond donors (Lipinski definition) is 3. The Labute approximate surface area is 91.4 Å². The summed E-state index contributed by atoms with van der Waals surface area (Å²) in [5.41, 5.74) is 3.86. The summed E-state index contributed by atoms with van der Waals surface area (Å²) in [7, 11) is 0. The quantitative estimate of drug-likeness (QED) is 0.409. The number of nitrogens with two attached hydrogens (primary N) is 1. The number of hydrazine groups is 1. The van der Waals surface area contributed by atoms with Crippen LogP contribution in [0.1, 0.15) is 5.69 Å². The lowest BCUT2D eigenvalue weighted by Crippen LogP contribution is -2.31. The third-order valence-corrected chi connectivity index (χ3v) is 2.39. The van der Waals surface area contributed by atoms with Crippen LogP contribution in [0.3, 0.4) is 0 Å². The highest BCUT2D eigenvalue weighted by molar-refractivity contribution is 6.31. The molecule has 2 aromatic rings. The van der Waals surface area contributed by atoms with Crippen molar-refractivity contribution in [2.24, 2.45) is 5.84 Å². The average molecular weight is 224 g/mol. The SMILES string of the molecule is NNC(=O)Cc1cc2cc(Cl)ccc2[nH]1. The fourth-order valence-electron chi connectivity index (χ4n) is 1.48. The van der Waals surface area contributed by atoms with Crippen LogP contribution in [0.2, 0.25) is 5.02 Å². The molecule has 15 heavy (non-hydrogen) atoms. The van der Waals surface area contributed by atoms with Crippen LogP contribution in [-0.2, 0) is 11.2 Å². The van der Waals surface area contributed by atoms with Crippen LogP contribution in [0.15, 0.2) is 24.3 Å². The Hall–Kier alpha value is -1.52. The lowest BCUT2D eigenvalue weighted by atomic mass is 10.2. The molecular formula is C10H10ClN3O. The van der Waals surface area contributed by atoms with Crippen molar-refractivity contribution in [1.29, 1.82) is 0 Å². The van der Waals surface area contributed by atoms with E-state index >= 15 is 0 Å². The predicted molar refractivity (Wildman–Crippen MR) is 59.3 cm³/mol. The fourth-order valence-corrected chi connectivity index (χ4v) is 1.66. The van der Waals surface area contributed by atoms with E-state index in [-0.39, 0.29) is 12.3 Å². The summed E-state index contributed by atoms with van der Waals surface area (Å²) in [6.07, 6.45) is 0.239. The molecule has 2 rings (SSSR count). The minimum Gasteiger partial charge on any atom is -0.358 e. The first-order chi connectivity index (χ1) is 7.19. The standard InChI is InChI=1S/C10H10ClN3O/c11-7-1-2-9-6(3-7)4-8(13-9)5-10(15)14-12/h1-4,13H,5,12H2,(H,14,15). The molecule has 1 aromatic carbocycles. The number of carbonyl (C=O) groups excluding carboxylic acids is 1.